The summed E-state index contributed by atoms with van der Waals surface area (Å²) < 4.78 is 15.8. The first kappa shape index (κ1) is 17.4. The first-order valence-electron chi connectivity index (χ1n) is 7.50. The van der Waals surface area contributed by atoms with Crippen molar-refractivity contribution in [1.29, 1.82) is 0 Å². The van der Waals surface area contributed by atoms with Crippen molar-refractivity contribution < 1.29 is 19.0 Å². The minimum absolute atomic E-state index is 0.109. The van der Waals surface area contributed by atoms with E-state index in [2.05, 4.69) is 11.9 Å². The number of nitrogens with one attached hydrogen (secondary N) is 1. The molecule has 0 unspecified atom stereocenters. The van der Waals surface area contributed by atoms with Crippen molar-refractivity contribution in [1.82, 2.24) is 0 Å². The zero-order valence-corrected chi connectivity index (χ0v) is 13.9. The van der Waals surface area contributed by atoms with E-state index in [1.54, 1.807) is 56.7 Å². The van der Waals surface area contributed by atoms with Gasteiger partial charge in [-0.1, -0.05) is 18.7 Å². The Morgan fingerprint density at radius 2 is 1.79 bits per heavy atom. The molecule has 0 spiro atoms. The maximum Gasteiger partial charge on any atom is 0.228 e. The van der Waals surface area contributed by atoms with E-state index in [0.29, 0.717) is 23.8 Å². The van der Waals surface area contributed by atoms with Gasteiger partial charge in [0, 0.05) is 5.69 Å². The van der Waals surface area contributed by atoms with Gasteiger partial charge in [-0.15, -0.1) is 0 Å². The molecule has 0 aliphatic carbocycles. The summed E-state index contributed by atoms with van der Waals surface area (Å²) in [6.45, 7) is 4.05. The van der Waals surface area contributed by atoms with Crippen molar-refractivity contribution in [3.8, 4) is 17.2 Å². The van der Waals surface area contributed by atoms with E-state index in [1.165, 1.54) is 0 Å². The molecule has 5 heteroatoms. The molecule has 0 bridgehead atoms. The number of hydrogen-bond donors (Lipinski definition) is 1. The van der Waals surface area contributed by atoms with E-state index in [-0.39, 0.29) is 12.3 Å². The van der Waals surface area contributed by atoms with E-state index in [4.69, 9.17) is 14.2 Å². The molecule has 0 aromatic heterocycles. The largest absolute Gasteiger partial charge is 0.493 e. The van der Waals surface area contributed by atoms with Crippen LogP contribution in [0.5, 0.6) is 17.2 Å². The highest BCUT2D eigenvalue weighted by atomic mass is 16.5. The Hall–Kier alpha value is -2.95. The maximum absolute atomic E-state index is 12.2. The quantitative estimate of drug-likeness (QED) is 0.755. The van der Waals surface area contributed by atoms with Crippen LogP contribution in [0, 0.1) is 0 Å². The third kappa shape index (κ3) is 4.78. The number of amides is 1. The number of carbonyl (C=O) groups excluding carboxylic acids is 1. The van der Waals surface area contributed by atoms with E-state index in [9.17, 15) is 4.79 Å². The van der Waals surface area contributed by atoms with Crippen LogP contribution in [-0.4, -0.2) is 26.7 Å². The number of benzene rings is 2. The molecule has 2 aromatic carbocycles. The van der Waals surface area contributed by atoms with Gasteiger partial charge in [0.25, 0.3) is 0 Å². The fourth-order valence-electron chi connectivity index (χ4n) is 2.17. The Morgan fingerprint density at radius 1 is 1.08 bits per heavy atom. The smallest absolute Gasteiger partial charge is 0.228 e. The van der Waals surface area contributed by atoms with Gasteiger partial charge in [-0.3, -0.25) is 4.79 Å². The Kier molecular flexibility index (Phi) is 6.25. The Bertz CT molecular complexity index is 695. The second-order valence-electron chi connectivity index (χ2n) is 5.04. The van der Waals surface area contributed by atoms with Crippen molar-refractivity contribution in [2.45, 2.75) is 6.42 Å². The van der Waals surface area contributed by atoms with Gasteiger partial charge in [0.1, 0.15) is 12.4 Å². The van der Waals surface area contributed by atoms with Crippen LogP contribution < -0.4 is 19.5 Å². The van der Waals surface area contributed by atoms with E-state index >= 15 is 0 Å². The molecule has 0 saturated carbocycles. The average Bonchev–Trinajstić information content (AvgIpc) is 2.61. The normalized spacial score (nSPS) is 9.92. The van der Waals surface area contributed by atoms with E-state index in [1.807, 2.05) is 6.07 Å². The minimum Gasteiger partial charge on any atom is -0.493 e. The molecule has 0 fully saturated rings. The molecule has 0 aliphatic heterocycles. The van der Waals surface area contributed by atoms with E-state index in [0.717, 1.165) is 11.3 Å². The highest BCUT2D eigenvalue weighted by Crippen LogP contribution is 2.27. The molecular formula is C19H21NO4. The van der Waals surface area contributed by atoms with Gasteiger partial charge in [-0.25, -0.2) is 0 Å². The van der Waals surface area contributed by atoms with Crippen LogP contribution in [0.4, 0.5) is 5.69 Å². The molecule has 0 saturated heterocycles. The number of carbonyl (C=O) groups is 1. The topological polar surface area (TPSA) is 56.8 Å². The summed E-state index contributed by atoms with van der Waals surface area (Å²) in [6.07, 6.45) is 1.92. The van der Waals surface area contributed by atoms with E-state index < -0.39 is 0 Å². The van der Waals surface area contributed by atoms with Crippen LogP contribution in [0.3, 0.4) is 0 Å². The van der Waals surface area contributed by atoms with Crippen LogP contribution in [0.15, 0.2) is 55.1 Å². The van der Waals surface area contributed by atoms with Gasteiger partial charge < -0.3 is 19.5 Å². The molecule has 2 rings (SSSR count). The molecule has 126 valence electrons. The minimum atomic E-state index is -0.109. The second kappa shape index (κ2) is 8.62. The van der Waals surface area contributed by atoms with Gasteiger partial charge >= 0.3 is 0 Å². The Labute approximate surface area is 141 Å². The monoisotopic (exact) mass is 327 g/mol. The predicted molar refractivity (Wildman–Crippen MR) is 94.0 cm³/mol. The molecule has 5 nitrogen and oxygen atoms in total. The number of hydrogen-bond acceptors (Lipinski definition) is 4. The van der Waals surface area contributed by atoms with Crippen molar-refractivity contribution >= 4 is 11.6 Å². The number of ether oxygens (including phenoxy) is 3. The standard InChI is InChI=1S/C19H21NO4/c1-4-11-24-16-8-6-15(7-9-16)20-19(21)13-14-5-10-17(22-2)18(12-14)23-3/h4-10,12H,1,11,13H2,2-3H3,(H,20,21). The summed E-state index contributed by atoms with van der Waals surface area (Å²) in [4.78, 5) is 12.2. The fourth-order valence-corrected chi connectivity index (χ4v) is 2.17. The molecule has 0 aliphatic rings. The van der Waals surface area contributed by atoms with Crippen molar-refractivity contribution in [3.63, 3.8) is 0 Å². The Balaban J connectivity index is 1.96. The highest BCUT2D eigenvalue weighted by Gasteiger charge is 2.09. The van der Waals surface area contributed by atoms with Crippen molar-refractivity contribution in [2.24, 2.45) is 0 Å². The molecule has 0 atom stereocenters. The zero-order valence-electron chi connectivity index (χ0n) is 13.9. The second-order valence-corrected chi connectivity index (χ2v) is 5.04. The third-order valence-corrected chi connectivity index (χ3v) is 3.32. The molecule has 0 heterocycles. The fraction of sp³-hybridized carbons (Fsp3) is 0.211. The first-order chi connectivity index (χ1) is 11.7. The lowest BCUT2D eigenvalue weighted by Gasteiger charge is -2.10. The molecule has 0 radical (unpaired) electrons. The summed E-state index contributed by atoms with van der Waals surface area (Å²) in [5.74, 6) is 1.86. The summed E-state index contributed by atoms with van der Waals surface area (Å²) in [7, 11) is 3.14. The van der Waals surface area contributed by atoms with Gasteiger partial charge in [0.05, 0.1) is 20.6 Å². The summed E-state index contributed by atoms with van der Waals surface area (Å²) >= 11 is 0. The lowest BCUT2D eigenvalue weighted by atomic mass is 10.1. The summed E-state index contributed by atoms with van der Waals surface area (Å²) in [5.41, 5.74) is 1.56. The lowest BCUT2D eigenvalue weighted by Crippen LogP contribution is -2.14. The summed E-state index contributed by atoms with van der Waals surface area (Å²) in [6, 6.07) is 12.6. The number of anilines is 1. The van der Waals surface area contributed by atoms with Gasteiger partial charge in [-0.2, -0.15) is 0 Å². The molecule has 24 heavy (non-hydrogen) atoms. The van der Waals surface area contributed by atoms with Crippen LogP contribution >= 0.6 is 0 Å². The zero-order chi connectivity index (χ0) is 17.4. The maximum atomic E-state index is 12.2. The van der Waals surface area contributed by atoms with Gasteiger partial charge in [0.15, 0.2) is 11.5 Å². The molecule has 1 amide bonds. The van der Waals surface area contributed by atoms with Gasteiger partial charge in [-0.05, 0) is 42.0 Å². The lowest BCUT2D eigenvalue weighted by molar-refractivity contribution is -0.115. The number of rotatable bonds is 8. The predicted octanol–water partition coefficient (Wildman–Crippen LogP) is 3.45. The van der Waals surface area contributed by atoms with Crippen LogP contribution in [0.2, 0.25) is 0 Å². The summed E-state index contributed by atoms with van der Waals surface area (Å²) in [5, 5.41) is 2.85. The first-order valence-corrected chi connectivity index (χ1v) is 7.50. The molecular weight excluding hydrogens is 306 g/mol. The van der Waals surface area contributed by atoms with Gasteiger partial charge in [0.2, 0.25) is 5.91 Å². The van der Waals surface area contributed by atoms with Crippen LogP contribution in [0.25, 0.3) is 0 Å². The van der Waals surface area contributed by atoms with Crippen LogP contribution in [-0.2, 0) is 11.2 Å². The molecule has 2 aromatic rings. The van der Waals surface area contributed by atoms with Crippen LogP contribution in [0.1, 0.15) is 5.56 Å². The highest BCUT2D eigenvalue weighted by molar-refractivity contribution is 5.92. The van der Waals surface area contributed by atoms with Crippen molar-refractivity contribution in [2.75, 3.05) is 26.1 Å². The third-order valence-electron chi connectivity index (χ3n) is 3.32. The Morgan fingerprint density at radius 3 is 2.42 bits per heavy atom. The van der Waals surface area contributed by atoms with Crippen molar-refractivity contribution in [3.05, 3.63) is 60.7 Å². The SMILES string of the molecule is C=CCOc1ccc(NC(=O)Cc2ccc(OC)c(OC)c2)cc1. The average molecular weight is 327 g/mol. The number of methoxy groups -OCH3 is 2. The molecule has 1 N–H and O–H groups in total.